The van der Waals surface area contributed by atoms with Crippen molar-refractivity contribution >= 4 is 38.6 Å². The number of nitrogens with zero attached hydrogens (tertiary/aromatic N) is 1. The van der Waals surface area contributed by atoms with E-state index in [2.05, 4.69) is 65.8 Å². The van der Waals surface area contributed by atoms with Crippen LogP contribution in [-0.4, -0.2) is 9.82 Å². The van der Waals surface area contributed by atoms with Crippen molar-refractivity contribution in [2.45, 2.75) is 24.9 Å². The molecular weight excluding hydrogens is 282 g/mol. The fourth-order valence-electron chi connectivity index (χ4n) is 1.81. The van der Waals surface area contributed by atoms with Gasteiger partial charge in [-0.2, -0.15) is 11.8 Å². The lowest BCUT2D eigenvalue weighted by Crippen LogP contribution is -1.88. The molecule has 16 heavy (non-hydrogen) atoms. The normalized spacial score (nSPS) is 11.6. The summed E-state index contributed by atoms with van der Waals surface area (Å²) in [5.41, 5.74) is 2.73. The van der Waals surface area contributed by atoms with Crippen molar-refractivity contribution in [3.05, 3.63) is 34.4 Å². The number of hydrogen-bond acceptors (Lipinski definition) is 1. The Morgan fingerprint density at radius 1 is 1.38 bits per heavy atom. The number of rotatable bonds is 3. The van der Waals surface area contributed by atoms with Gasteiger partial charge in [0.1, 0.15) is 0 Å². The minimum absolute atomic E-state index is 0.686. The van der Waals surface area contributed by atoms with Crippen LogP contribution in [0.1, 0.15) is 19.4 Å². The largest absolute Gasteiger partial charge is 0.350 e. The summed E-state index contributed by atoms with van der Waals surface area (Å²) in [5.74, 6) is 1.09. The summed E-state index contributed by atoms with van der Waals surface area (Å²) in [5, 5.41) is 2.06. The molecule has 0 unspecified atom stereocenters. The summed E-state index contributed by atoms with van der Waals surface area (Å²) in [6, 6.07) is 6.50. The maximum absolute atomic E-state index is 3.52. The molecule has 0 saturated carbocycles. The predicted molar refractivity (Wildman–Crippen MR) is 77.1 cm³/mol. The molecule has 0 radical (unpaired) electrons. The summed E-state index contributed by atoms with van der Waals surface area (Å²) < 4.78 is 3.35. The zero-order chi connectivity index (χ0) is 11.7. The van der Waals surface area contributed by atoms with Crippen LogP contribution in [0.2, 0.25) is 0 Å². The van der Waals surface area contributed by atoms with E-state index in [1.165, 1.54) is 16.5 Å². The Morgan fingerprint density at radius 3 is 2.81 bits per heavy atom. The van der Waals surface area contributed by atoms with Gasteiger partial charge >= 0.3 is 0 Å². The molecule has 1 aromatic heterocycles. The second kappa shape index (κ2) is 4.84. The third-order valence-electron chi connectivity index (χ3n) is 2.61. The molecule has 0 N–H and O–H groups in total. The Hall–Kier alpha value is -0.410. The molecule has 2 rings (SSSR count). The topological polar surface area (TPSA) is 4.93 Å². The lowest BCUT2D eigenvalue weighted by Gasteiger charge is -2.03. The van der Waals surface area contributed by atoms with Crippen molar-refractivity contribution in [2.24, 2.45) is 7.05 Å². The average molecular weight is 298 g/mol. The average Bonchev–Trinajstić information content (AvgIpc) is 2.53. The molecule has 0 aliphatic heterocycles. The van der Waals surface area contributed by atoms with Gasteiger partial charge in [0.15, 0.2) is 0 Å². The Morgan fingerprint density at radius 2 is 2.12 bits per heavy atom. The number of halogens is 1. The highest BCUT2D eigenvalue weighted by molar-refractivity contribution is 9.10. The Balaban J connectivity index is 2.39. The van der Waals surface area contributed by atoms with E-state index in [-0.39, 0.29) is 0 Å². The van der Waals surface area contributed by atoms with Crippen LogP contribution >= 0.6 is 27.7 Å². The summed E-state index contributed by atoms with van der Waals surface area (Å²) in [6.45, 7) is 4.48. The van der Waals surface area contributed by atoms with E-state index in [1.807, 2.05) is 11.8 Å². The van der Waals surface area contributed by atoms with Crippen molar-refractivity contribution in [1.82, 2.24) is 4.57 Å². The minimum atomic E-state index is 0.686. The summed E-state index contributed by atoms with van der Waals surface area (Å²) in [4.78, 5) is 0. The highest BCUT2D eigenvalue weighted by Gasteiger charge is 2.07. The second-order valence-electron chi connectivity index (χ2n) is 4.29. The molecule has 0 fully saturated rings. The monoisotopic (exact) mass is 297 g/mol. The van der Waals surface area contributed by atoms with Gasteiger partial charge in [0.25, 0.3) is 0 Å². The number of thioether (sulfide) groups is 1. The minimum Gasteiger partial charge on any atom is -0.350 e. The van der Waals surface area contributed by atoms with Crippen LogP contribution in [0.5, 0.6) is 0 Å². The van der Waals surface area contributed by atoms with Gasteiger partial charge in [-0.25, -0.2) is 0 Å². The van der Waals surface area contributed by atoms with Crippen LogP contribution in [0.15, 0.2) is 28.9 Å². The van der Waals surface area contributed by atoms with E-state index >= 15 is 0 Å². The molecule has 86 valence electrons. The number of aromatic nitrogens is 1. The maximum Gasteiger partial charge on any atom is 0.0492 e. The molecule has 0 bridgehead atoms. The van der Waals surface area contributed by atoms with Gasteiger partial charge < -0.3 is 4.57 Å². The highest BCUT2D eigenvalue weighted by Crippen LogP contribution is 2.28. The number of fused-ring (bicyclic) bond motifs is 1. The van der Waals surface area contributed by atoms with E-state index in [4.69, 9.17) is 0 Å². The van der Waals surface area contributed by atoms with Gasteiger partial charge in [0, 0.05) is 34.4 Å². The number of hydrogen-bond donors (Lipinski definition) is 0. The molecule has 0 saturated heterocycles. The first-order chi connectivity index (χ1) is 7.58. The molecule has 0 spiro atoms. The van der Waals surface area contributed by atoms with Gasteiger partial charge in [-0.15, -0.1) is 0 Å². The van der Waals surface area contributed by atoms with Crippen molar-refractivity contribution in [1.29, 1.82) is 0 Å². The van der Waals surface area contributed by atoms with Gasteiger partial charge in [-0.1, -0.05) is 35.8 Å². The molecule has 0 amide bonds. The zero-order valence-electron chi connectivity index (χ0n) is 9.83. The van der Waals surface area contributed by atoms with E-state index in [0.29, 0.717) is 5.25 Å². The fourth-order valence-corrected chi connectivity index (χ4v) is 2.90. The van der Waals surface area contributed by atoms with E-state index in [1.54, 1.807) is 0 Å². The molecule has 0 atom stereocenters. The van der Waals surface area contributed by atoms with Crippen molar-refractivity contribution in [3.8, 4) is 0 Å². The first-order valence-electron chi connectivity index (χ1n) is 5.43. The Kier molecular flexibility index (Phi) is 3.65. The van der Waals surface area contributed by atoms with Crippen LogP contribution < -0.4 is 0 Å². The molecule has 0 aliphatic carbocycles. The first-order valence-corrected chi connectivity index (χ1v) is 7.27. The number of aryl methyl sites for hydroxylation is 1. The smallest absolute Gasteiger partial charge is 0.0492 e. The summed E-state index contributed by atoms with van der Waals surface area (Å²) in [6.07, 6.45) is 2.24. The summed E-state index contributed by atoms with van der Waals surface area (Å²) in [7, 11) is 2.11. The third-order valence-corrected chi connectivity index (χ3v) is 4.24. The molecular formula is C13H16BrNS. The molecule has 1 nitrogen and oxygen atoms in total. The van der Waals surface area contributed by atoms with E-state index in [0.717, 1.165) is 10.2 Å². The van der Waals surface area contributed by atoms with Crippen LogP contribution in [0, 0.1) is 0 Å². The second-order valence-corrected chi connectivity index (χ2v) is 6.77. The predicted octanol–water partition coefficient (Wildman–Crippen LogP) is 4.58. The van der Waals surface area contributed by atoms with Crippen LogP contribution in [0.25, 0.3) is 10.9 Å². The van der Waals surface area contributed by atoms with Gasteiger partial charge in [-0.05, 0) is 22.9 Å². The molecule has 0 aliphatic rings. The highest BCUT2D eigenvalue weighted by atomic mass is 79.9. The van der Waals surface area contributed by atoms with E-state index < -0.39 is 0 Å². The molecule has 1 heterocycles. The molecule has 1 aromatic carbocycles. The Labute approximate surface area is 109 Å². The van der Waals surface area contributed by atoms with Gasteiger partial charge in [0.05, 0.1) is 0 Å². The maximum atomic E-state index is 3.52. The fraction of sp³-hybridized carbons (Fsp3) is 0.385. The van der Waals surface area contributed by atoms with Gasteiger partial charge in [0.2, 0.25) is 0 Å². The summed E-state index contributed by atoms with van der Waals surface area (Å²) >= 11 is 5.51. The van der Waals surface area contributed by atoms with Crippen LogP contribution in [0.4, 0.5) is 0 Å². The van der Waals surface area contributed by atoms with Crippen molar-refractivity contribution < 1.29 is 0 Å². The standard InChI is InChI=1S/C13H16BrNS/c1-9(2)16-8-10-7-15(3)13-6-11(14)4-5-12(10)13/h4-7,9H,8H2,1-3H3. The third kappa shape index (κ3) is 2.46. The Bertz CT molecular complexity index is 502. The quantitative estimate of drug-likeness (QED) is 0.803. The zero-order valence-corrected chi connectivity index (χ0v) is 12.2. The van der Waals surface area contributed by atoms with Crippen molar-refractivity contribution in [2.75, 3.05) is 0 Å². The van der Waals surface area contributed by atoms with Crippen LogP contribution in [0.3, 0.4) is 0 Å². The lowest BCUT2D eigenvalue weighted by molar-refractivity contribution is 0.962. The lowest BCUT2D eigenvalue weighted by atomic mass is 10.2. The van der Waals surface area contributed by atoms with Gasteiger partial charge in [-0.3, -0.25) is 0 Å². The van der Waals surface area contributed by atoms with Crippen LogP contribution in [-0.2, 0) is 12.8 Å². The molecule has 3 heteroatoms. The van der Waals surface area contributed by atoms with Crippen molar-refractivity contribution in [3.63, 3.8) is 0 Å². The number of benzene rings is 1. The van der Waals surface area contributed by atoms with E-state index in [9.17, 15) is 0 Å². The first kappa shape index (κ1) is 12.1. The SMILES string of the molecule is CC(C)SCc1cn(C)c2cc(Br)ccc12. The molecule has 2 aromatic rings.